The van der Waals surface area contributed by atoms with E-state index >= 15 is 0 Å². The number of hydrogen-bond donors (Lipinski definition) is 2. The first-order valence-corrected chi connectivity index (χ1v) is 10.0. The molecule has 10 heteroatoms. The van der Waals surface area contributed by atoms with Crippen LogP contribution in [0.2, 0.25) is 0 Å². The number of benzene rings is 1. The Bertz CT molecular complexity index is 768. The minimum absolute atomic E-state index is 0.0811. The second kappa shape index (κ2) is 11.5. The van der Waals surface area contributed by atoms with Gasteiger partial charge < -0.3 is 24.4 Å². The van der Waals surface area contributed by atoms with Gasteiger partial charge >= 0.3 is 5.97 Å². The van der Waals surface area contributed by atoms with E-state index in [0.29, 0.717) is 37.6 Å². The molecule has 2 amide bonds. The van der Waals surface area contributed by atoms with E-state index in [4.69, 9.17) is 26.4 Å². The predicted molar refractivity (Wildman–Crippen MR) is 113 cm³/mol. The number of amides is 2. The van der Waals surface area contributed by atoms with E-state index in [1.54, 1.807) is 45.2 Å². The van der Waals surface area contributed by atoms with Crippen molar-refractivity contribution in [1.82, 2.24) is 15.5 Å². The number of methoxy groups -OCH3 is 1. The maximum atomic E-state index is 12.5. The van der Waals surface area contributed by atoms with Gasteiger partial charge in [-0.05, 0) is 50.3 Å². The Morgan fingerprint density at radius 3 is 2.60 bits per heavy atom. The van der Waals surface area contributed by atoms with Crippen LogP contribution in [-0.2, 0) is 19.1 Å². The molecule has 0 spiro atoms. The first-order chi connectivity index (χ1) is 14.3. The summed E-state index contributed by atoms with van der Waals surface area (Å²) in [6.45, 7) is 5.06. The number of carbonyl (C=O) groups excluding carboxylic acids is 3. The topological polar surface area (TPSA) is 106 Å². The fourth-order valence-corrected chi connectivity index (χ4v) is 3.13. The number of hydrogen-bond acceptors (Lipinski definition) is 7. The molecular formula is C20H27N3O6S. The molecular weight excluding hydrogens is 410 g/mol. The highest BCUT2D eigenvalue weighted by molar-refractivity contribution is 7.80. The summed E-state index contributed by atoms with van der Waals surface area (Å²) in [5.74, 6) is -0.646. The van der Waals surface area contributed by atoms with Gasteiger partial charge in [0.1, 0.15) is 18.4 Å². The van der Waals surface area contributed by atoms with E-state index in [0.717, 1.165) is 0 Å². The third-order valence-electron chi connectivity index (χ3n) is 4.21. The van der Waals surface area contributed by atoms with Crippen molar-refractivity contribution in [1.29, 1.82) is 0 Å². The van der Waals surface area contributed by atoms with Crippen molar-refractivity contribution in [2.45, 2.75) is 32.4 Å². The standard InChI is InChI=1S/C20H27N3O6S/c1-13(2)29-17(24)12-16-19(26)21-8-9-23(16)20(30)22-18(25)14-4-6-15(7-5-14)28-11-10-27-3/h4-7,13,16H,8-12H2,1-3H3,(H,21,26)(H,22,25,30). The average molecular weight is 438 g/mol. The molecule has 0 radical (unpaired) electrons. The van der Waals surface area contributed by atoms with Crippen molar-refractivity contribution in [2.24, 2.45) is 0 Å². The Kier molecular flexibility index (Phi) is 9.00. The molecule has 2 N–H and O–H groups in total. The molecule has 1 heterocycles. The second-order valence-corrected chi connectivity index (χ2v) is 7.25. The number of ether oxygens (including phenoxy) is 3. The van der Waals surface area contributed by atoms with Crippen LogP contribution >= 0.6 is 12.2 Å². The molecule has 1 aromatic rings. The third-order valence-corrected chi connectivity index (χ3v) is 4.55. The minimum Gasteiger partial charge on any atom is -0.491 e. The van der Waals surface area contributed by atoms with Crippen LogP contribution in [0.15, 0.2) is 24.3 Å². The molecule has 2 rings (SSSR count). The first-order valence-electron chi connectivity index (χ1n) is 9.62. The van der Waals surface area contributed by atoms with E-state index < -0.39 is 17.9 Å². The molecule has 164 valence electrons. The molecule has 0 aromatic heterocycles. The second-order valence-electron chi connectivity index (χ2n) is 6.87. The molecule has 1 aliphatic rings. The number of nitrogens with zero attached hydrogens (tertiary/aromatic N) is 1. The molecule has 1 atom stereocenters. The van der Waals surface area contributed by atoms with E-state index in [-0.39, 0.29) is 23.5 Å². The Labute approximate surface area is 181 Å². The largest absolute Gasteiger partial charge is 0.491 e. The highest BCUT2D eigenvalue weighted by atomic mass is 32.1. The van der Waals surface area contributed by atoms with Gasteiger partial charge in [-0.25, -0.2) is 0 Å². The molecule has 1 saturated heterocycles. The average Bonchev–Trinajstić information content (AvgIpc) is 2.69. The zero-order chi connectivity index (χ0) is 22.1. The highest BCUT2D eigenvalue weighted by Crippen LogP contribution is 2.14. The molecule has 1 unspecified atom stereocenters. The van der Waals surface area contributed by atoms with Gasteiger partial charge in [0.25, 0.3) is 5.91 Å². The van der Waals surface area contributed by atoms with E-state index in [2.05, 4.69) is 10.6 Å². The number of rotatable bonds is 8. The lowest BCUT2D eigenvalue weighted by Crippen LogP contribution is -2.60. The zero-order valence-corrected chi connectivity index (χ0v) is 18.1. The molecule has 1 aliphatic heterocycles. The molecule has 9 nitrogen and oxygen atoms in total. The van der Waals surface area contributed by atoms with Crippen molar-refractivity contribution in [3.63, 3.8) is 0 Å². The van der Waals surface area contributed by atoms with Crippen LogP contribution in [-0.4, -0.2) is 73.4 Å². The van der Waals surface area contributed by atoms with Crippen LogP contribution in [0.5, 0.6) is 5.75 Å². The van der Waals surface area contributed by atoms with Crippen LogP contribution in [0.3, 0.4) is 0 Å². The van der Waals surface area contributed by atoms with Crippen LogP contribution in [0.1, 0.15) is 30.6 Å². The monoisotopic (exact) mass is 437 g/mol. The summed E-state index contributed by atoms with van der Waals surface area (Å²) >= 11 is 5.34. The fourth-order valence-electron chi connectivity index (χ4n) is 2.82. The normalized spacial score (nSPS) is 16.1. The summed E-state index contributed by atoms with van der Waals surface area (Å²) in [5, 5.41) is 5.41. The SMILES string of the molecule is COCCOc1ccc(C(=O)NC(=S)N2CCNC(=O)C2CC(=O)OC(C)C)cc1. The van der Waals surface area contributed by atoms with Crippen LogP contribution in [0.25, 0.3) is 0 Å². The summed E-state index contributed by atoms with van der Waals surface area (Å²) in [7, 11) is 1.59. The highest BCUT2D eigenvalue weighted by Gasteiger charge is 2.34. The molecule has 0 bridgehead atoms. The summed E-state index contributed by atoms with van der Waals surface area (Å²) < 4.78 is 15.5. The quantitative estimate of drug-likeness (QED) is 0.351. The lowest BCUT2D eigenvalue weighted by molar-refractivity contribution is -0.150. The number of carbonyl (C=O) groups is 3. The van der Waals surface area contributed by atoms with Crippen molar-refractivity contribution < 1.29 is 28.6 Å². The molecule has 30 heavy (non-hydrogen) atoms. The Morgan fingerprint density at radius 1 is 1.27 bits per heavy atom. The number of nitrogens with one attached hydrogen (secondary N) is 2. The molecule has 1 aromatic carbocycles. The maximum absolute atomic E-state index is 12.5. The van der Waals surface area contributed by atoms with Gasteiger partial charge in [0.2, 0.25) is 5.91 Å². The van der Waals surface area contributed by atoms with E-state index in [1.807, 2.05) is 0 Å². The van der Waals surface area contributed by atoms with Gasteiger partial charge in [-0.1, -0.05) is 0 Å². The van der Waals surface area contributed by atoms with Gasteiger partial charge in [0, 0.05) is 25.8 Å². The number of piperazine rings is 1. The first kappa shape index (κ1) is 23.6. The van der Waals surface area contributed by atoms with Gasteiger partial charge in [-0.2, -0.15) is 0 Å². The Morgan fingerprint density at radius 2 is 1.97 bits per heavy atom. The van der Waals surface area contributed by atoms with Gasteiger partial charge in [-0.15, -0.1) is 0 Å². The van der Waals surface area contributed by atoms with Gasteiger partial charge in [-0.3, -0.25) is 19.7 Å². The molecule has 1 fully saturated rings. The molecule has 0 aliphatic carbocycles. The Hall–Kier alpha value is -2.72. The van der Waals surface area contributed by atoms with Gasteiger partial charge in [0.05, 0.1) is 19.1 Å². The summed E-state index contributed by atoms with van der Waals surface area (Å²) in [6, 6.07) is 5.73. The van der Waals surface area contributed by atoms with Crippen LogP contribution < -0.4 is 15.4 Å². The van der Waals surface area contributed by atoms with Crippen molar-refractivity contribution in [2.75, 3.05) is 33.4 Å². The number of thiocarbonyl (C=S) groups is 1. The lowest BCUT2D eigenvalue weighted by Gasteiger charge is -2.36. The van der Waals surface area contributed by atoms with Crippen molar-refractivity contribution >= 4 is 35.1 Å². The Balaban J connectivity index is 1.98. The van der Waals surface area contributed by atoms with E-state index in [9.17, 15) is 14.4 Å². The predicted octanol–water partition coefficient (Wildman–Crippen LogP) is 0.869. The molecule has 0 saturated carbocycles. The van der Waals surface area contributed by atoms with Crippen LogP contribution in [0, 0.1) is 0 Å². The zero-order valence-electron chi connectivity index (χ0n) is 17.3. The smallest absolute Gasteiger partial charge is 0.308 e. The van der Waals surface area contributed by atoms with Crippen molar-refractivity contribution in [3.8, 4) is 5.75 Å². The van der Waals surface area contributed by atoms with Crippen LogP contribution in [0.4, 0.5) is 0 Å². The third kappa shape index (κ3) is 6.96. The van der Waals surface area contributed by atoms with Gasteiger partial charge in [0.15, 0.2) is 5.11 Å². The minimum atomic E-state index is -0.839. The maximum Gasteiger partial charge on any atom is 0.308 e. The lowest BCUT2D eigenvalue weighted by atomic mass is 10.1. The summed E-state index contributed by atoms with van der Waals surface area (Å²) in [6.07, 6.45) is -0.446. The summed E-state index contributed by atoms with van der Waals surface area (Å²) in [4.78, 5) is 38.4. The number of esters is 1. The van der Waals surface area contributed by atoms with E-state index in [1.165, 1.54) is 4.90 Å². The van der Waals surface area contributed by atoms with Crippen molar-refractivity contribution in [3.05, 3.63) is 29.8 Å². The fraction of sp³-hybridized carbons (Fsp3) is 0.500. The summed E-state index contributed by atoms with van der Waals surface area (Å²) in [5.41, 5.74) is 0.383.